The first kappa shape index (κ1) is 11.1. The van der Waals surface area contributed by atoms with Crippen LogP contribution < -0.4 is 9.46 Å². The lowest BCUT2D eigenvalue weighted by molar-refractivity contribution is 0.287. The van der Waals surface area contributed by atoms with Gasteiger partial charge in [0.2, 0.25) is 10.0 Å². The molecule has 0 radical (unpaired) electrons. The first-order chi connectivity index (χ1) is 7.46. The number of hydrogen-bond acceptors (Lipinski definition) is 4. The Kier molecular flexibility index (Phi) is 2.71. The van der Waals surface area contributed by atoms with E-state index in [9.17, 15) is 12.8 Å². The van der Waals surface area contributed by atoms with E-state index in [1.54, 1.807) is 0 Å². The van der Waals surface area contributed by atoms with Crippen LogP contribution in [0.5, 0.6) is 5.75 Å². The van der Waals surface area contributed by atoms with Gasteiger partial charge in [0, 0.05) is 0 Å². The summed E-state index contributed by atoms with van der Waals surface area (Å²) < 4.78 is 42.9. The van der Waals surface area contributed by atoms with Gasteiger partial charge in [-0.1, -0.05) is 0 Å². The van der Waals surface area contributed by atoms with Crippen LogP contribution >= 0.6 is 0 Å². The molecule has 1 heterocycles. The Labute approximate surface area is 92.7 Å². The smallest absolute Gasteiger partial charge is 0.229 e. The van der Waals surface area contributed by atoms with Gasteiger partial charge in [-0.3, -0.25) is 9.71 Å². The Hall–Kier alpha value is -1.37. The van der Waals surface area contributed by atoms with Crippen molar-refractivity contribution in [2.45, 2.75) is 18.9 Å². The third-order valence-electron chi connectivity index (χ3n) is 1.96. The number of nitrogens with one attached hydrogen (secondary N) is 1. The summed E-state index contributed by atoms with van der Waals surface area (Å²) in [7, 11) is -3.51. The lowest BCUT2D eigenvalue weighted by atomic mass is 10.4. The van der Waals surface area contributed by atoms with Gasteiger partial charge < -0.3 is 4.74 Å². The molecule has 1 aromatic rings. The van der Waals surface area contributed by atoms with E-state index in [0.29, 0.717) is 0 Å². The van der Waals surface area contributed by atoms with Gasteiger partial charge in [-0.05, 0) is 12.8 Å². The third kappa shape index (κ3) is 2.82. The molecule has 2 rings (SSSR count). The molecular weight excluding hydrogens is 235 g/mol. The van der Waals surface area contributed by atoms with Gasteiger partial charge in [-0.2, -0.15) is 0 Å². The quantitative estimate of drug-likeness (QED) is 0.864. The average Bonchev–Trinajstić information content (AvgIpc) is 2.93. The predicted molar refractivity (Wildman–Crippen MR) is 56.3 cm³/mol. The van der Waals surface area contributed by atoms with Crippen molar-refractivity contribution in [2.75, 3.05) is 11.0 Å². The van der Waals surface area contributed by atoms with Gasteiger partial charge in [0.25, 0.3) is 0 Å². The van der Waals surface area contributed by atoms with E-state index in [1.165, 1.54) is 6.20 Å². The van der Waals surface area contributed by atoms with Crippen molar-refractivity contribution in [1.82, 2.24) is 4.98 Å². The van der Waals surface area contributed by atoms with E-state index < -0.39 is 15.8 Å². The second kappa shape index (κ2) is 3.89. The van der Waals surface area contributed by atoms with E-state index in [1.807, 2.05) is 4.72 Å². The first-order valence-corrected chi connectivity index (χ1v) is 6.63. The van der Waals surface area contributed by atoms with Crippen molar-refractivity contribution >= 4 is 15.7 Å². The Morgan fingerprint density at radius 3 is 2.75 bits per heavy atom. The van der Waals surface area contributed by atoms with E-state index in [0.717, 1.165) is 25.3 Å². The minimum absolute atomic E-state index is 0.0175. The highest BCUT2D eigenvalue weighted by molar-refractivity contribution is 7.92. The molecule has 1 fully saturated rings. The lowest BCUT2D eigenvalue weighted by Crippen LogP contribution is -2.12. The molecule has 0 aromatic carbocycles. The maximum atomic E-state index is 13.7. The molecule has 0 unspecified atom stereocenters. The van der Waals surface area contributed by atoms with Crippen LogP contribution in [0, 0.1) is 5.82 Å². The van der Waals surface area contributed by atoms with Crippen LogP contribution in [0.2, 0.25) is 0 Å². The van der Waals surface area contributed by atoms with Gasteiger partial charge in [0.15, 0.2) is 11.6 Å². The Morgan fingerprint density at radius 1 is 1.50 bits per heavy atom. The van der Waals surface area contributed by atoms with E-state index in [4.69, 9.17) is 4.74 Å². The van der Waals surface area contributed by atoms with Crippen molar-refractivity contribution in [3.63, 3.8) is 0 Å². The number of halogens is 1. The van der Waals surface area contributed by atoms with Gasteiger partial charge >= 0.3 is 0 Å². The van der Waals surface area contributed by atoms with Crippen LogP contribution in [-0.4, -0.2) is 25.8 Å². The standard InChI is InChI=1S/C9H11FN2O3S/c1-16(13,14)12-7-4-11-5-8(9(7)10)15-6-2-3-6/h4-6,12H,2-3H2,1H3. The molecule has 0 saturated heterocycles. The molecule has 1 saturated carbocycles. The molecule has 1 N–H and O–H groups in total. The molecule has 0 atom stereocenters. The topological polar surface area (TPSA) is 68.3 Å². The zero-order valence-corrected chi connectivity index (χ0v) is 9.42. The molecule has 1 aliphatic rings. The highest BCUT2D eigenvalue weighted by Crippen LogP contribution is 2.30. The van der Waals surface area contributed by atoms with Crippen LogP contribution in [0.3, 0.4) is 0 Å². The zero-order valence-electron chi connectivity index (χ0n) is 8.60. The van der Waals surface area contributed by atoms with Crippen LogP contribution in [0.25, 0.3) is 0 Å². The maximum absolute atomic E-state index is 13.7. The fourth-order valence-electron chi connectivity index (χ4n) is 1.14. The van der Waals surface area contributed by atoms with Gasteiger partial charge in [0.05, 0.1) is 24.8 Å². The summed E-state index contributed by atoms with van der Waals surface area (Å²) in [6.07, 6.45) is 5.11. The SMILES string of the molecule is CS(=O)(=O)Nc1cncc(OC2CC2)c1F. The second-order valence-corrected chi connectivity index (χ2v) is 5.44. The van der Waals surface area contributed by atoms with Crippen molar-refractivity contribution in [3.05, 3.63) is 18.2 Å². The largest absolute Gasteiger partial charge is 0.486 e. The molecular formula is C9H11FN2O3S. The Bertz CT molecular complexity index is 499. The molecule has 1 aromatic heterocycles. The van der Waals surface area contributed by atoms with Gasteiger partial charge in [0.1, 0.15) is 5.69 Å². The molecule has 0 amide bonds. The molecule has 0 aliphatic heterocycles. The van der Waals surface area contributed by atoms with Crippen LogP contribution in [0.15, 0.2) is 12.4 Å². The summed E-state index contributed by atoms with van der Waals surface area (Å²) >= 11 is 0. The maximum Gasteiger partial charge on any atom is 0.229 e. The number of sulfonamides is 1. The third-order valence-corrected chi connectivity index (χ3v) is 2.55. The number of hydrogen-bond donors (Lipinski definition) is 1. The summed E-state index contributed by atoms with van der Waals surface area (Å²) in [4.78, 5) is 3.72. The number of ether oxygens (including phenoxy) is 1. The van der Waals surface area contributed by atoms with Crippen LogP contribution in [0.1, 0.15) is 12.8 Å². The second-order valence-electron chi connectivity index (χ2n) is 3.69. The van der Waals surface area contributed by atoms with E-state index in [-0.39, 0.29) is 17.5 Å². The average molecular weight is 246 g/mol. The van der Waals surface area contributed by atoms with Crippen molar-refractivity contribution in [1.29, 1.82) is 0 Å². The molecule has 0 bridgehead atoms. The van der Waals surface area contributed by atoms with Crippen molar-refractivity contribution in [2.24, 2.45) is 0 Å². The highest BCUT2D eigenvalue weighted by Gasteiger charge is 2.25. The van der Waals surface area contributed by atoms with Crippen LogP contribution in [-0.2, 0) is 10.0 Å². The normalized spacial score (nSPS) is 15.9. The number of pyridine rings is 1. The molecule has 88 valence electrons. The molecule has 5 nitrogen and oxygen atoms in total. The summed E-state index contributed by atoms with van der Waals surface area (Å²) in [5.74, 6) is -0.747. The Balaban J connectivity index is 2.24. The minimum atomic E-state index is -3.51. The number of anilines is 1. The van der Waals surface area contributed by atoms with E-state index >= 15 is 0 Å². The van der Waals surface area contributed by atoms with Crippen molar-refractivity contribution in [3.8, 4) is 5.75 Å². The molecule has 0 spiro atoms. The van der Waals surface area contributed by atoms with Crippen molar-refractivity contribution < 1.29 is 17.5 Å². The molecule has 16 heavy (non-hydrogen) atoms. The van der Waals surface area contributed by atoms with Gasteiger partial charge in [-0.25, -0.2) is 12.8 Å². The van der Waals surface area contributed by atoms with Crippen LogP contribution in [0.4, 0.5) is 10.1 Å². The van der Waals surface area contributed by atoms with E-state index in [2.05, 4.69) is 4.98 Å². The lowest BCUT2D eigenvalue weighted by Gasteiger charge is -2.09. The Morgan fingerprint density at radius 2 is 2.19 bits per heavy atom. The molecule has 7 heteroatoms. The summed E-state index contributed by atoms with van der Waals surface area (Å²) in [5.41, 5.74) is -0.194. The fourth-order valence-corrected chi connectivity index (χ4v) is 1.69. The monoisotopic (exact) mass is 246 g/mol. The minimum Gasteiger partial charge on any atom is -0.486 e. The first-order valence-electron chi connectivity index (χ1n) is 4.73. The number of nitrogens with zero attached hydrogens (tertiary/aromatic N) is 1. The zero-order chi connectivity index (χ0) is 11.8. The summed E-state index contributed by atoms with van der Waals surface area (Å²) in [6.45, 7) is 0. The summed E-state index contributed by atoms with van der Waals surface area (Å²) in [6, 6.07) is 0. The number of rotatable bonds is 4. The predicted octanol–water partition coefficient (Wildman–Crippen LogP) is 1.13. The fraction of sp³-hybridized carbons (Fsp3) is 0.444. The molecule has 1 aliphatic carbocycles. The summed E-state index contributed by atoms with van der Waals surface area (Å²) in [5, 5.41) is 0. The number of aromatic nitrogens is 1. The highest BCUT2D eigenvalue weighted by atomic mass is 32.2. The van der Waals surface area contributed by atoms with Gasteiger partial charge in [-0.15, -0.1) is 0 Å².